The van der Waals surface area contributed by atoms with Crippen LogP contribution in [-0.2, 0) is 14.3 Å². The third-order valence-corrected chi connectivity index (χ3v) is 1.92. The molecule has 2 amide bonds. The summed E-state index contributed by atoms with van der Waals surface area (Å²) in [5.74, 6) is -1.08. The molecule has 1 aliphatic rings. The predicted molar refractivity (Wildman–Crippen MR) is 49.5 cm³/mol. The lowest BCUT2D eigenvalue weighted by Gasteiger charge is -2.25. The molecule has 0 spiro atoms. The van der Waals surface area contributed by atoms with Gasteiger partial charge in [0.15, 0.2) is 0 Å². The summed E-state index contributed by atoms with van der Waals surface area (Å²) in [6.45, 7) is 2.62. The van der Waals surface area contributed by atoms with Gasteiger partial charge in [-0.1, -0.05) is 0 Å². The molecule has 0 bridgehead atoms. The van der Waals surface area contributed by atoms with Crippen LogP contribution in [0.5, 0.6) is 0 Å². The van der Waals surface area contributed by atoms with Crippen LogP contribution in [0.1, 0.15) is 0 Å². The van der Waals surface area contributed by atoms with E-state index in [1.165, 1.54) is 4.90 Å². The van der Waals surface area contributed by atoms with Gasteiger partial charge in [0.05, 0.1) is 13.2 Å². The fourth-order valence-electron chi connectivity index (χ4n) is 1.17. The maximum Gasteiger partial charge on any atom is 0.312 e. The predicted octanol–water partition coefficient (Wildman–Crippen LogP) is -2.08. The summed E-state index contributed by atoms with van der Waals surface area (Å²) in [6, 6.07) is 0. The van der Waals surface area contributed by atoms with Gasteiger partial charge >= 0.3 is 11.8 Å². The van der Waals surface area contributed by atoms with Crippen molar-refractivity contribution in [2.75, 3.05) is 39.4 Å². The summed E-state index contributed by atoms with van der Waals surface area (Å²) in [7, 11) is 0. The minimum Gasteiger partial charge on any atom is -0.378 e. The van der Waals surface area contributed by atoms with E-state index in [-0.39, 0.29) is 0 Å². The second-order valence-corrected chi connectivity index (χ2v) is 2.95. The van der Waals surface area contributed by atoms with Crippen molar-refractivity contribution in [3.8, 4) is 0 Å². The first-order valence-electron chi connectivity index (χ1n) is 4.60. The molecule has 1 aliphatic heterocycles. The summed E-state index contributed by atoms with van der Waals surface area (Å²) in [4.78, 5) is 24.1. The number of morpholine rings is 1. The van der Waals surface area contributed by atoms with E-state index in [9.17, 15) is 9.59 Å². The van der Waals surface area contributed by atoms with Gasteiger partial charge in [-0.3, -0.25) is 9.59 Å². The van der Waals surface area contributed by atoms with Crippen molar-refractivity contribution in [3.63, 3.8) is 0 Å². The average molecular weight is 201 g/mol. The van der Waals surface area contributed by atoms with Gasteiger partial charge in [-0.25, -0.2) is 0 Å². The molecule has 6 heteroatoms. The van der Waals surface area contributed by atoms with Crippen LogP contribution in [0.25, 0.3) is 0 Å². The molecule has 0 aromatic heterocycles. The minimum atomic E-state index is -0.586. The van der Waals surface area contributed by atoms with Gasteiger partial charge in [-0.15, -0.1) is 0 Å². The molecule has 1 fully saturated rings. The second kappa shape index (κ2) is 5.56. The van der Waals surface area contributed by atoms with Crippen LogP contribution >= 0.6 is 0 Å². The molecule has 0 unspecified atom stereocenters. The Balaban J connectivity index is 2.34. The highest BCUT2D eigenvalue weighted by atomic mass is 16.5. The van der Waals surface area contributed by atoms with E-state index in [4.69, 9.17) is 10.5 Å². The van der Waals surface area contributed by atoms with E-state index < -0.39 is 11.8 Å². The molecule has 3 N–H and O–H groups in total. The second-order valence-electron chi connectivity index (χ2n) is 2.95. The summed E-state index contributed by atoms with van der Waals surface area (Å²) >= 11 is 0. The fraction of sp³-hybridized carbons (Fsp3) is 0.750. The first-order valence-corrected chi connectivity index (χ1v) is 4.60. The van der Waals surface area contributed by atoms with Gasteiger partial charge in [0.1, 0.15) is 0 Å². The molecular weight excluding hydrogens is 186 g/mol. The van der Waals surface area contributed by atoms with Gasteiger partial charge in [-0.2, -0.15) is 0 Å². The third kappa shape index (κ3) is 2.97. The maximum atomic E-state index is 11.4. The number of hydrogen-bond donors (Lipinski definition) is 2. The quantitative estimate of drug-likeness (QED) is 0.502. The Morgan fingerprint density at radius 2 is 2.00 bits per heavy atom. The van der Waals surface area contributed by atoms with E-state index in [1.807, 2.05) is 0 Å². The van der Waals surface area contributed by atoms with Crippen molar-refractivity contribution in [2.45, 2.75) is 0 Å². The number of hydrogen-bond acceptors (Lipinski definition) is 4. The van der Waals surface area contributed by atoms with Crippen molar-refractivity contribution < 1.29 is 14.3 Å². The molecule has 0 aromatic rings. The molecule has 0 saturated carbocycles. The molecular formula is C8H15N3O3. The number of carbonyl (C=O) groups excluding carboxylic acids is 2. The van der Waals surface area contributed by atoms with Crippen molar-refractivity contribution >= 4 is 11.8 Å². The SMILES string of the molecule is NCCNC(=O)C(=O)N1CCOCC1. The zero-order valence-electron chi connectivity index (χ0n) is 7.99. The van der Waals surface area contributed by atoms with E-state index in [0.717, 1.165) is 0 Å². The van der Waals surface area contributed by atoms with Crippen LogP contribution in [0.4, 0.5) is 0 Å². The van der Waals surface area contributed by atoms with Gasteiger partial charge in [-0.05, 0) is 0 Å². The van der Waals surface area contributed by atoms with E-state index in [2.05, 4.69) is 5.32 Å². The Morgan fingerprint density at radius 3 is 2.57 bits per heavy atom. The zero-order chi connectivity index (χ0) is 10.4. The van der Waals surface area contributed by atoms with Gasteiger partial charge in [0.2, 0.25) is 0 Å². The number of rotatable bonds is 2. The van der Waals surface area contributed by atoms with Gasteiger partial charge in [0, 0.05) is 26.2 Å². The number of nitrogens with one attached hydrogen (secondary N) is 1. The van der Waals surface area contributed by atoms with Crippen LogP contribution in [0.15, 0.2) is 0 Å². The molecule has 1 rings (SSSR count). The Labute approximate surface area is 82.4 Å². The van der Waals surface area contributed by atoms with Gasteiger partial charge in [0.25, 0.3) is 0 Å². The monoisotopic (exact) mass is 201 g/mol. The van der Waals surface area contributed by atoms with Crippen molar-refractivity contribution in [1.29, 1.82) is 0 Å². The normalized spacial score (nSPS) is 16.5. The van der Waals surface area contributed by atoms with E-state index in [0.29, 0.717) is 39.4 Å². The largest absolute Gasteiger partial charge is 0.378 e. The molecule has 14 heavy (non-hydrogen) atoms. The Hall–Kier alpha value is -1.14. The molecule has 80 valence electrons. The lowest BCUT2D eigenvalue weighted by atomic mass is 10.4. The fourth-order valence-corrected chi connectivity index (χ4v) is 1.17. The van der Waals surface area contributed by atoms with Crippen molar-refractivity contribution in [3.05, 3.63) is 0 Å². The lowest BCUT2D eigenvalue weighted by Crippen LogP contribution is -2.48. The first-order chi connectivity index (χ1) is 6.75. The van der Waals surface area contributed by atoms with Crippen LogP contribution in [0.3, 0.4) is 0 Å². The lowest BCUT2D eigenvalue weighted by molar-refractivity contribution is -0.148. The zero-order valence-corrected chi connectivity index (χ0v) is 7.99. The number of nitrogens with zero attached hydrogens (tertiary/aromatic N) is 1. The number of nitrogens with two attached hydrogens (primary N) is 1. The maximum absolute atomic E-state index is 11.4. The Bertz CT molecular complexity index is 214. The number of ether oxygens (including phenoxy) is 1. The molecule has 0 atom stereocenters. The summed E-state index contributed by atoms with van der Waals surface area (Å²) in [6.07, 6.45) is 0. The molecule has 0 aliphatic carbocycles. The first kappa shape index (κ1) is 10.9. The van der Waals surface area contributed by atoms with Crippen LogP contribution in [0.2, 0.25) is 0 Å². The average Bonchev–Trinajstić information content (AvgIpc) is 2.26. The number of amides is 2. The van der Waals surface area contributed by atoms with Crippen LogP contribution in [-0.4, -0.2) is 56.1 Å². The highest BCUT2D eigenvalue weighted by Crippen LogP contribution is 1.96. The molecule has 6 nitrogen and oxygen atoms in total. The third-order valence-electron chi connectivity index (χ3n) is 1.92. The molecule has 1 saturated heterocycles. The van der Waals surface area contributed by atoms with Crippen LogP contribution in [0, 0.1) is 0 Å². The number of carbonyl (C=O) groups is 2. The van der Waals surface area contributed by atoms with Crippen molar-refractivity contribution in [2.24, 2.45) is 5.73 Å². The standard InChI is InChI=1S/C8H15N3O3/c9-1-2-10-7(12)8(13)11-3-5-14-6-4-11/h1-6,9H2,(H,10,12). The van der Waals surface area contributed by atoms with E-state index in [1.54, 1.807) is 0 Å². The molecule has 1 heterocycles. The van der Waals surface area contributed by atoms with Crippen molar-refractivity contribution in [1.82, 2.24) is 10.2 Å². The summed E-state index contributed by atoms with van der Waals surface area (Å²) in [5.41, 5.74) is 5.20. The summed E-state index contributed by atoms with van der Waals surface area (Å²) in [5, 5.41) is 2.43. The highest BCUT2D eigenvalue weighted by Gasteiger charge is 2.22. The topological polar surface area (TPSA) is 84.7 Å². The summed E-state index contributed by atoms with van der Waals surface area (Å²) < 4.78 is 5.07. The highest BCUT2D eigenvalue weighted by molar-refractivity contribution is 6.35. The minimum absolute atomic E-state index is 0.328. The Morgan fingerprint density at radius 1 is 1.36 bits per heavy atom. The molecule has 0 aromatic carbocycles. The molecule has 0 radical (unpaired) electrons. The van der Waals surface area contributed by atoms with Gasteiger partial charge < -0.3 is 20.7 Å². The van der Waals surface area contributed by atoms with E-state index >= 15 is 0 Å². The Kier molecular flexibility index (Phi) is 4.34. The van der Waals surface area contributed by atoms with Crippen LogP contribution < -0.4 is 11.1 Å². The smallest absolute Gasteiger partial charge is 0.312 e.